The van der Waals surface area contributed by atoms with E-state index in [1.54, 1.807) is 12.1 Å². The second kappa shape index (κ2) is 16.9. The van der Waals surface area contributed by atoms with Crippen LogP contribution in [0.2, 0.25) is 0 Å². The predicted octanol–water partition coefficient (Wildman–Crippen LogP) is 5.80. The molecule has 0 amide bonds. The van der Waals surface area contributed by atoms with E-state index in [-0.39, 0.29) is 28.8 Å². The molecule has 294 valence electrons. The SMILES string of the molecule is CCCC[N+]1=C(/C=C/C(=C/C=C2/N(CCCS(=O)(=O)O)c3ccc(S(=O)(=O)O)cc3C2(C)C)c2ccc(C(=O)O)cn2)C(C)(C)c2ccccc21.O=S(=O)=O. The molecule has 17 heteroatoms. The van der Waals surface area contributed by atoms with Gasteiger partial charge in [-0.2, -0.15) is 21.4 Å². The molecule has 1 aromatic heterocycles. The van der Waals surface area contributed by atoms with E-state index in [9.17, 15) is 35.8 Å². The van der Waals surface area contributed by atoms with Gasteiger partial charge in [0.1, 0.15) is 6.54 Å². The lowest BCUT2D eigenvalue weighted by molar-refractivity contribution is -0.438. The minimum absolute atomic E-state index is 0.0416. The molecular formula is C38H44N3O11S3+. The van der Waals surface area contributed by atoms with Gasteiger partial charge >= 0.3 is 16.6 Å². The first kappa shape index (κ1) is 42.9. The van der Waals surface area contributed by atoms with Crippen molar-refractivity contribution in [1.29, 1.82) is 0 Å². The molecule has 0 spiro atoms. The van der Waals surface area contributed by atoms with Gasteiger partial charge in [0.2, 0.25) is 5.69 Å². The first-order valence-corrected chi connectivity index (χ1v) is 21.3. The molecule has 5 rings (SSSR count). The van der Waals surface area contributed by atoms with Gasteiger partial charge in [-0.15, -0.1) is 12.6 Å². The van der Waals surface area contributed by atoms with Gasteiger partial charge in [0.25, 0.3) is 20.2 Å². The number of hydrogen-bond acceptors (Lipinski definition) is 10. The third kappa shape index (κ3) is 10.1. The normalized spacial score (nSPS) is 16.9. The average molecular weight is 815 g/mol. The summed E-state index contributed by atoms with van der Waals surface area (Å²) in [4.78, 5) is 17.7. The number of rotatable bonds is 13. The van der Waals surface area contributed by atoms with Gasteiger partial charge in [0.05, 0.1) is 27.3 Å². The number of carboxylic acid groups (broad SMARTS) is 1. The molecule has 55 heavy (non-hydrogen) atoms. The molecule has 0 bridgehead atoms. The lowest BCUT2D eigenvalue weighted by Gasteiger charge is -2.27. The Kier molecular flexibility index (Phi) is 13.2. The van der Waals surface area contributed by atoms with E-state index in [1.165, 1.54) is 30.0 Å². The predicted molar refractivity (Wildman–Crippen MR) is 208 cm³/mol. The summed E-state index contributed by atoms with van der Waals surface area (Å²) >= 11 is 0. The summed E-state index contributed by atoms with van der Waals surface area (Å²) in [5, 5.41) is 9.52. The fourth-order valence-corrected chi connectivity index (χ4v) is 7.91. The monoisotopic (exact) mass is 814 g/mol. The highest BCUT2D eigenvalue weighted by Gasteiger charge is 2.44. The van der Waals surface area contributed by atoms with E-state index in [0.717, 1.165) is 30.8 Å². The summed E-state index contributed by atoms with van der Waals surface area (Å²) in [6.07, 6.45) is 11.2. The number of para-hydroxylation sites is 1. The highest BCUT2D eigenvalue weighted by molar-refractivity contribution is 7.86. The number of aromatic carboxylic acids is 1. The maximum absolute atomic E-state index is 12.1. The van der Waals surface area contributed by atoms with E-state index in [2.05, 4.69) is 48.5 Å². The molecule has 2 aromatic carbocycles. The summed E-state index contributed by atoms with van der Waals surface area (Å²) in [7, 11) is -11.8. The number of nitrogens with zero attached hydrogens (tertiary/aromatic N) is 3. The maximum Gasteiger partial charge on any atom is 0.425 e. The van der Waals surface area contributed by atoms with Crippen molar-refractivity contribution >= 4 is 59.5 Å². The summed E-state index contributed by atoms with van der Waals surface area (Å²) in [5.41, 5.74) is 5.52. The molecule has 0 radical (unpaired) electrons. The van der Waals surface area contributed by atoms with Crippen molar-refractivity contribution < 1.29 is 53.0 Å². The van der Waals surface area contributed by atoms with Crippen LogP contribution >= 0.6 is 0 Å². The highest BCUT2D eigenvalue weighted by Crippen LogP contribution is 2.49. The summed E-state index contributed by atoms with van der Waals surface area (Å²) in [6, 6.07) is 15.8. The Hall–Kier alpha value is -4.81. The van der Waals surface area contributed by atoms with Gasteiger partial charge in [0.15, 0.2) is 5.71 Å². The number of hydrogen-bond donors (Lipinski definition) is 3. The second-order valence-electron chi connectivity index (χ2n) is 14.1. The number of allylic oxidation sites excluding steroid dienone is 6. The van der Waals surface area contributed by atoms with Crippen LogP contribution in [0, 0.1) is 0 Å². The number of benzene rings is 2. The fraction of sp³-hybridized carbons (Fsp3) is 0.342. The maximum atomic E-state index is 12.1. The van der Waals surface area contributed by atoms with Crippen molar-refractivity contribution in [2.75, 3.05) is 23.7 Å². The van der Waals surface area contributed by atoms with Crippen LogP contribution in [-0.4, -0.2) is 83.8 Å². The van der Waals surface area contributed by atoms with Crippen LogP contribution in [0.15, 0.2) is 95.7 Å². The highest BCUT2D eigenvalue weighted by atomic mass is 32.2. The van der Waals surface area contributed by atoms with Gasteiger partial charge in [-0.3, -0.25) is 14.1 Å². The molecule has 0 aliphatic carbocycles. The van der Waals surface area contributed by atoms with Crippen LogP contribution in [0.5, 0.6) is 0 Å². The quantitative estimate of drug-likeness (QED) is 0.106. The van der Waals surface area contributed by atoms with Crippen LogP contribution in [0.25, 0.3) is 5.57 Å². The molecule has 3 aromatic rings. The Bertz CT molecular complexity index is 2430. The summed E-state index contributed by atoms with van der Waals surface area (Å²) < 4.78 is 94.2. The largest absolute Gasteiger partial charge is 0.478 e. The zero-order valence-corrected chi connectivity index (χ0v) is 33.4. The van der Waals surface area contributed by atoms with E-state index in [0.29, 0.717) is 28.2 Å². The Labute approximate surface area is 322 Å². The van der Waals surface area contributed by atoms with Crippen molar-refractivity contribution in [2.45, 2.75) is 69.6 Å². The van der Waals surface area contributed by atoms with Gasteiger partial charge in [0, 0.05) is 59.2 Å². The van der Waals surface area contributed by atoms with Gasteiger partial charge in [-0.05, 0) is 68.3 Å². The lowest BCUT2D eigenvalue weighted by atomic mass is 9.81. The van der Waals surface area contributed by atoms with Crippen LogP contribution in [0.3, 0.4) is 0 Å². The summed E-state index contributed by atoms with van der Waals surface area (Å²) in [5.74, 6) is -1.56. The molecule has 2 aliphatic heterocycles. The molecule has 0 atom stereocenters. The molecule has 2 aliphatic rings. The minimum Gasteiger partial charge on any atom is -0.478 e. The number of carboxylic acids is 1. The van der Waals surface area contributed by atoms with E-state index in [1.807, 2.05) is 49.1 Å². The van der Waals surface area contributed by atoms with E-state index >= 15 is 0 Å². The average Bonchev–Trinajstić information content (AvgIpc) is 3.44. The smallest absolute Gasteiger partial charge is 0.425 e. The number of anilines is 1. The Morgan fingerprint density at radius 1 is 0.927 bits per heavy atom. The molecule has 3 N–H and O–H groups in total. The standard InChI is InChI=1S/C38H43N3O8S2.O3S/c1-6-7-21-40-32-12-9-8-11-29(32)37(2,3)34(40)19-14-26(31-17-13-27(25-39-31)36(42)43)15-20-35-38(4,5)30-24-28(51(47,48)49)16-18-33(30)41(35)22-10-23-50(44,45)46;1-4(2)3/h8-9,11-20,24-25H,6-7,10,21-23H2,1-5H3,(H2-,42,43,44,45,46,47,48,49);/p+1. The number of fused-ring (bicyclic) bond motifs is 2. The van der Waals surface area contributed by atoms with Crippen molar-refractivity contribution in [3.8, 4) is 0 Å². The Balaban J connectivity index is 0.00000160. The van der Waals surface area contributed by atoms with Gasteiger partial charge < -0.3 is 10.0 Å². The Morgan fingerprint density at radius 2 is 1.60 bits per heavy atom. The number of carbonyl (C=O) groups is 1. The van der Waals surface area contributed by atoms with Crippen molar-refractivity contribution in [1.82, 2.24) is 4.98 Å². The minimum atomic E-state index is -4.50. The molecule has 0 saturated carbocycles. The first-order valence-electron chi connectivity index (χ1n) is 17.3. The molecule has 0 fully saturated rings. The topological polar surface area (TPSA) is 216 Å². The molecular weight excluding hydrogens is 771 g/mol. The van der Waals surface area contributed by atoms with Crippen LogP contribution in [0.4, 0.5) is 11.4 Å². The van der Waals surface area contributed by atoms with Crippen LogP contribution < -0.4 is 4.90 Å². The van der Waals surface area contributed by atoms with Crippen molar-refractivity contribution in [2.24, 2.45) is 0 Å². The van der Waals surface area contributed by atoms with E-state index < -0.39 is 48.0 Å². The van der Waals surface area contributed by atoms with Crippen molar-refractivity contribution in [3.05, 3.63) is 113 Å². The third-order valence-electron chi connectivity index (χ3n) is 9.63. The first-order chi connectivity index (χ1) is 25.6. The number of aromatic nitrogens is 1. The third-order valence-corrected chi connectivity index (χ3v) is 11.3. The molecule has 14 nitrogen and oxygen atoms in total. The lowest BCUT2D eigenvalue weighted by Crippen LogP contribution is -2.28. The van der Waals surface area contributed by atoms with Gasteiger partial charge in [-0.25, -0.2) is 4.79 Å². The second-order valence-corrected chi connectivity index (χ2v) is 17.5. The Morgan fingerprint density at radius 3 is 2.18 bits per heavy atom. The fourth-order valence-electron chi connectivity index (χ4n) is 6.91. The molecule has 3 heterocycles. The van der Waals surface area contributed by atoms with E-state index in [4.69, 9.17) is 12.6 Å². The number of unbranched alkanes of at least 4 members (excludes halogenated alkanes) is 1. The van der Waals surface area contributed by atoms with Crippen molar-refractivity contribution in [3.63, 3.8) is 0 Å². The number of pyridine rings is 1. The van der Waals surface area contributed by atoms with Crippen LogP contribution in [-0.2, 0) is 41.7 Å². The zero-order chi connectivity index (χ0) is 40.9. The van der Waals surface area contributed by atoms with Gasteiger partial charge in [-0.1, -0.05) is 51.5 Å². The molecule has 0 unspecified atom stereocenters. The zero-order valence-electron chi connectivity index (χ0n) is 31.0. The molecule has 0 saturated heterocycles. The summed E-state index contributed by atoms with van der Waals surface area (Å²) in [6.45, 7) is 11.4. The van der Waals surface area contributed by atoms with Crippen LogP contribution in [0.1, 0.15) is 81.1 Å².